The quantitative estimate of drug-likeness (QED) is 0.149. The third-order valence-electron chi connectivity index (χ3n) is 5.44. The summed E-state index contributed by atoms with van der Waals surface area (Å²) in [6.07, 6.45) is 2.80. The number of aromatic nitrogens is 1. The molecule has 0 aliphatic carbocycles. The Balaban J connectivity index is 1.20. The Morgan fingerprint density at radius 3 is 2.55 bits per heavy atom. The summed E-state index contributed by atoms with van der Waals surface area (Å²) in [5.74, 6) is 0.800. The molecule has 3 N–H and O–H groups in total. The van der Waals surface area contributed by atoms with Gasteiger partial charge in [-0.25, -0.2) is 4.98 Å². The minimum atomic E-state index is -0.464. The minimum Gasteiger partial charge on any atom is -0.507 e. The standard InChI is InChI=1S/C28H19Cl2N3O4S/c1-15-2-7-25-22(10-15)32-27(37-25)21-6-3-19(14-23(21)34)31-28(38)33-26(35)9-5-20-4-8-24(36-20)16-11-17(29)13-18(30)12-16/h2-14,34H,1H3,(H2,31,33,35,38)/b9-5+. The van der Waals surface area contributed by atoms with E-state index in [-0.39, 0.29) is 10.9 Å². The number of oxazole rings is 1. The number of carbonyl (C=O) groups excluding carboxylic acids is 1. The number of hydrogen-bond donors (Lipinski definition) is 3. The molecule has 0 aliphatic heterocycles. The number of anilines is 1. The summed E-state index contributed by atoms with van der Waals surface area (Å²) in [7, 11) is 0. The molecular weight excluding hydrogens is 545 g/mol. The summed E-state index contributed by atoms with van der Waals surface area (Å²) < 4.78 is 11.5. The Kier molecular flexibility index (Phi) is 7.20. The number of carbonyl (C=O) groups is 1. The van der Waals surface area contributed by atoms with Crippen molar-refractivity contribution < 1.29 is 18.7 Å². The van der Waals surface area contributed by atoms with Crippen LogP contribution in [0.25, 0.3) is 40.0 Å². The zero-order chi connectivity index (χ0) is 26.8. The number of hydrogen-bond acceptors (Lipinski definition) is 6. The van der Waals surface area contributed by atoms with E-state index in [0.717, 1.165) is 11.1 Å². The molecule has 0 aliphatic rings. The fraction of sp³-hybridized carbons (Fsp3) is 0.0357. The lowest BCUT2D eigenvalue weighted by atomic mass is 10.2. The third-order valence-corrected chi connectivity index (χ3v) is 6.08. The first-order valence-electron chi connectivity index (χ1n) is 11.3. The average molecular weight is 564 g/mol. The van der Waals surface area contributed by atoms with Crippen LogP contribution >= 0.6 is 35.4 Å². The van der Waals surface area contributed by atoms with Gasteiger partial charge in [0.2, 0.25) is 11.8 Å². The molecule has 0 atom stereocenters. The molecule has 0 unspecified atom stereocenters. The molecule has 1 amide bonds. The highest BCUT2D eigenvalue weighted by molar-refractivity contribution is 7.80. The van der Waals surface area contributed by atoms with Gasteiger partial charge in [0.25, 0.3) is 0 Å². The van der Waals surface area contributed by atoms with E-state index in [1.54, 1.807) is 42.5 Å². The van der Waals surface area contributed by atoms with E-state index in [2.05, 4.69) is 15.6 Å². The monoisotopic (exact) mass is 563 g/mol. The minimum absolute atomic E-state index is 0.0536. The predicted octanol–water partition coefficient (Wildman–Crippen LogP) is 7.60. The summed E-state index contributed by atoms with van der Waals surface area (Å²) >= 11 is 17.3. The molecule has 5 rings (SSSR count). The van der Waals surface area contributed by atoms with Crippen molar-refractivity contribution >= 4 is 69.3 Å². The van der Waals surface area contributed by atoms with E-state index in [1.165, 1.54) is 18.2 Å². The summed E-state index contributed by atoms with van der Waals surface area (Å²) in [6.45, 7) is 1.97. The van der Waals surface area contributed by atoms with E-state index in [9.17, 15) is 9.90 Å². The molecule has 190 valence electrons. The number of fused-ring (bicyclic) bond motifs is 1. The number of halogens is 2. The lowest BCUT2D eigenvalue weighted by molar-refractivity contribution is -0.115. The molecule has 0 bridgehead atoms. The summed E-state index contributed by atoms with van der Waals surface area (Å²) in [5.41, 5.74) is 4.02. The second-order valence-corrected chi connectivity index (χ2v) is 9.64. The molecule has 0 saturated carbocycles. The van der Waals surface area contributed by atoms with Gasteiger partial charge < -0.3 is 19.3 Å². The molecule has 3 aromatic carbocycles. The van der Waals surface area contributed by atoms with Crippen LogP contribution in [0.15, 0.2) is 81.6 Å². The maximum Gasteiger partial charge on any atom is 0.250 e. The van der Waals surface area contributed by atoms with Crippen LogP contribution in [0.2, 0.25) is 10.0 Å². The Bertz CT molecular complexity index is 1700. The molecule has 0 spiro atoms. The molecule has 7 nitrogen and oxygen atoms in total. The highest BCUT2D eigenvalue weighted by Crippen LogP contribution is 2.33. The van der Waals surface area contributed by atoms with E-state index in [4.69, 9.17) is 44.3 Å². The van der Waals surface area contributed by atoms with Gasteiger partial charge in [0, 0.05) is 33.4 Å². The highest BCUT2D eigenvalue weighted by Gasteiger charge is 2.14. The largest absolute Gasteiger partial charge is 0.507 e. The van der Waals surface area contributed by atoms with E-state index in [1.807, 2.05) is 25.1 Å². The van der Waals surface area contributed by atoms with Crippen LogP contribution in [0.5, 0.6) is 5.75 Å². The van der Waals surface area contributed by atoms with E-state index in [0.29, 0.717) is 49.8 Å². The summed E-state index contributed by atoms with van der Waals surface area (Å²) in [4.78, 5) is 16.8. The van der Waals surface area contributed by atoms with Crippen LogP contribution in [0.1, 0.15) is 11.3 Å². The first kappa shape index (κ1) is 25.5. The molecule has 10 heteroatoms. The lowest BCUT2D eigenvalue weighted by Gasteiger charge is -2.09. The maximum absolute atomic E-state index is 12.3. The van der Waals surface area contributed by atoms with Gasteiger partial charge in [0.1, 0.15) is 22.8 Å². The number of amides is 1. The maximum atomic E-state index is 12.3. The van der Waals surface area contributed by atoms with Crippen molar-refractivity contribution in [3.8, 4) is 28.5 Å². The second-order valence-electron chi connectivity index (χ2n) is 8.36. The smallest absolute Gasteiger partial charge is 0.250 e. The van der Waals surface area contributed by atoms with Gasteiger partial charge in [0.15, 0.2) is 10.7 Å². The zero-order valence-electron chi connectivity index (χ0n) is 19.8. The number of benzene rings is 3. The van der Waals surface area contributed by atoms with Crippen molar-refractivity contribution in [3.05, 3.63) is 94.2 Å². The molecule has 2 aromatic heterocycles. The van der Waals surface area contributed by atoms with Gasteiger partial charge >= 0.3 is 0 Å². The van der Waals surface area contributed by atoms with Crippen molar-refractivity contribution in [2.24, 2.45) is 0 Å². The Morgan fingerprint density at radius 1 is 1.00 bits per heavy atom. The summed E-state index contributed by atoms with van der Waals surface area (Å²) in [5, 5.41) is 17.0. The molecule has 0 fully saturated rings. The Labute approximate surface area is 232 Å². The fourth-order valence-corrected chi connectivity index (χ4v) is 4.45. The highest BCUT2D eigenvalue weighted by atomic mass is 35.5. The molecular formula is C28H19Cl2N3O4S. The van der Waals surface area contributed by atoms with Crippen LogP contribution in [-0.2, 0) is 4.79 Å². The number of rotatable bonds is 5. The molecule has 2 heterocycles. The first-order valence-corrected chi connectivity index (χ1v) is 12.5. The zero-order valence-corrected chi connectivity index (χ0v) is 22.1. The fourth-order valence-electron chi connectivity index (χ4n) is 3.71. The SMILES string of the molecule is Cc1ccc2oc(-c3ccc(NC(=S)NC(=O)/C=C/c4ccc(-c5cc(Cl)cc(Cl)c5)o4)cc3O)nc2c1. The van der Waals surface area contributed by atoms with Gasteiger partial charge in [-0.1, -0.05) is 29.3 Å². The molecule has 0 radical (unpaired) electrons. The van der Waals surface area contributed by atoms with E-state index < -0.39 is 5.91 Å². The number of nitrogens with zero attached hydrogens (tertiary/aromatic N) is 1. The molecule has 38 heavy (non-hydrogen) atoms. The average Bonchev–Trinajstić information content (AvgIpc) is 3.49. The number of phenols is 1. The molecule has 0 saturated heterocycles. The van der Waals surface area contributed by atoms with Crippen LogP contribution < -0.4 is 10.6 Å². The van der Waals surface area contributed by atoms with Gasteiger partial charge in [0.05, 0.1) is 5.56 Å². The number of aromatic hydroxyl groups is 1. The second kappa shape index (κ2) is 10.7. The first-order chi connectivity index (χ1) is 18.2. The van der Waals surface area contributed by atoms with Crippen molar-refractivity contribution in [1.82, 2.24) is 10.3 Å². The Morgan fingerprint density at radius 2 is 1.79 bits per heavy atom. The number of phenolic OH excluding ortho intramolecular Hbond substituents is 1. The van der Waals surface area contributed by atoms with Crippen LogP contribution in [-0.4, -0.2) is 21.1 Å². The van der Waals surface area contributed by atoms with Gasteiger partial charge in [-0.05, 0) is 85.4 Å². The van der Waals surface area contributed by atoms with E-state index >= 15 is 0 Å². The predicted molar refractivity (Wildman–Crippen MR) is 153 cm³/mol. The number of thiocarbonyl (C=S) groups is 1. The normalized spacial score (nSPS) is 11.2. The molecule has 5 aromatic rings. The lowest BCUT2D eigenvalue weighted by Crippen LogP contribution is -2.32. The Hall–Kier alpha value is -4.11. The van der Waals surface area contributed by atoms with Crippen molar-refractivity contribution in [2.75, 3.05) is 5.32 Å². The van der Waals surface area contributed by atoms with Crippen molar-refractivity contribution in [1.29, 1.82) is 0 Å². The third kappa shape index (κ3) is 5.89. The van der Waals surface area contributed by atoms with Gasteiger partial charge in [-0.3, -0.25) is 10.1 Å². The number of furan rings is 1. The van der Waals surface area contributed by atoms with Crippen LogP contribution in [0, 0.1) is 6.92 Å². The number of nitrogens with one attached hydrogen (secondary N) is 2. The topological polar surface area (TPSA) is 101 Å². The van der Waals surface area contributed by atoms with Gasteiger partial charge in [-0.2, -0.15) is 0 Å². The van der Waals surface area contributed by atoms with Gasteiger partial charge in [-0.15, -0.1) is 0 Å². The van der Waals surface area contributed by atoms with Crippen molar-refractivity contribution in [2.45, 2.75) is 6.92 Å². The van der Waals surface area contributed by atoms with Crippen LogP contribution in [0.4, 0.5) is 5.69 Å². The van der Waals surface area contributed by atoms with Crippen molar-refractivity contribution in [3.63, 3.8) is 0 Å². The summed E-state index contributed by atoms with van der Waals surface area (Å²) in [6, 6.07) is 19.0. The number of aryl methyl sites for hydroxylation is 1. The van der Waals surface area contributed by atoms with Crippen LogP contribution in [0.3, 0.4) is 0 Å².